The molecular formula is C19H31N. The number of allylic oxidation sites excluding steroid dienone is 7. The van der Waals surface area contributed by atoms with Crippen LogP contribution in [0.2, 0.25) is 0 Å². The Bertz CT molecular complexity index is 367. The van der Waals surface area contributed by atoms with Gasteiger partial charge in [-0.05, 0) is 38.0 Å². The van der Waals surface area contributed by atoms with E-state index in [1.807, 2.05) is 51.2 Å². The minimum Gasteiger partial charge on any atom is -0.379 e. The molecule has 0 aromatic carbocycles. The van der Waals surface area contributed by atoms with Gasteiger partial charge in [-0.25, -0.2) is 0 Å². The van der Waals surface area contributed by atoms with E-state index < -0.39 is 0 Å². The van der Waals surface area contributed by atoms with Crippen LogP contribution in [0.15, 0.2) is 73.0 Å². The largest absolute Gasteiger partial charge is 0.379 e. The van der Waals surface area contributed by atoms with Crippen LogP contribution in [-0.2, 0) is 0 Å². The summed E-state index contributed by atoms with van der Waals surface area (Å²) in [5, 5.41) is 3.40. The molecule has 0 aliphatic heterocycles. The molecule has 0 bridgehead atoms. The molecule has 0 radical (unpaired) electrons. The first-order valence-corrected chi connectivity index (χ1v) is 7.40. The minimum atomic E-state index is 0.207. The van der Waals surface area contributed by atoms with Crippen molar-refractivity contribution in [1.29, 1.82) is 0 Å². The van der Waals surface area contributed by atoms with Gasteiger partial charge >= 0.3 is 0 Å². The molecular weight excluding hydrogens is 242 g/mol. The average Bonchev–Trinajstić information content (AvgIpc) is 2.49. The van der Waals surface area contributed by atoms with Gasteiger partial charge in [0.1, 0.15) is 0 Å². The smallest absolute Gasteiger partial charge is 0.0485 e. The van der Waals surface area contributed by atoms with Crippen molar-refractivity contribution < 1.29 is 0 Å². The van der Waals surface area contributed by atoms with E-state index in [0.717, 1.165) is 17.7 Å². The van der Waals surface area contributed by atoms with Gasteiger partial charge in [-0.2, -0.15) is 0 Å². The lowest BCUT2D eigenvalue weighted by atomic mass is 10.1. The molecule has 20 heavy (non-hydrogen) atoms. The van der Waals surface area contributed by atoms with Gasteiger partial charge in [-0.3, -0.25) is 0 Å². The van der Waals surface area contributed by atoms with E-state index in [1.165, 1.54) is 0 Å². The molecule has 0 aliphatic rings. The Labute approximate surface area is 126 Å². The molecule has 0 saturated heterocycles. The summed E-state index contributed by atoms with van der Waals surface area (Å²) >= 11 is 0. The van der Waals surface area contributed by atoms with E-state index in [-0.39, 0.29) is 6.04 Å². The SMILES string of the molecule is C=C/C(=C\C=C/C)NC(C)/C(C=C)=C/C=C\CC.CC. The monoisotopic (exact) mass is 273 g/mol. The van der Waals surface area contributed by atoms with Gasteiger partial charge in [0.25, 0.3) is 0 Å². The zero-order chi connectivity index (χ0) is 15.8. The van der Waals surface area contributed by atoms with Crippen LogP contribution < -0.4 is 5.32 Å². The van der Waals surface area contributed by atoms with Gasteiger partial charge in [0.2, 0.25) is 0 Å². The molecule has 1 N–H and O–H groups in total. The Morgan fingerprint density at radius 3 is 2.20 bits per heavy atom. The van der Waals surface area contributed by atoms with Crippen molar-refractivity contribution in [3.05, 3.63) is 73.0 Å². The first kappa shape index (κ1) is 20.6. The second-order valence-corrected chi connectivity index (χ2v) is 3.93. The Morgan fingerprint density at radius 2 is 1.75 bits per heavy atom. The molecule has 1 nitrogen and oxygen atoms in total. The third kappa shape index (κ3) is 10.2. The van der Waals surface area contributed by atoms with Crippen LogP contribution in [0.4, 0.5) is 0 Å². The second kappa shape index (κ2) is 15.3. The van der Waals surface area contributed by atoms with E-state index in [0.29, 0.717) is 0 Å². The molecule has 0 saturated carbocycles. The summed E-state index contributed by atoms with van der Waals surface area (Å²) in [6, 6.07) is 0.207. The van der Waals surface area contributed by atoms with Crippen LogP contribution in [0, 0.1) is 0 Å². The summed E-state index contributed by atoms with van der Waals surface area (Å²) in [6.07, 6.45) is 17.0. The van der Waals surface area contributed by atoms with Gasteiger partial charge in [0, 0.05) is 11.7 Å². The lowest BCUT2D eigenvalue weighted by Gasteiger charge is -2.16. The van der Waals surface area contributed by atoms with Crippen molar-refractivity contribution in [3.8, 4) is 0 Å². The fourth-order valence-electron chi connectivity index (χ4n) is 1.41. The molecule has 112 valence electrons. The third-order valence-electron chi connectivity index (χ3n) is 2.47. The van der Waals surface area contributed by atoms with Crippen molar-refractivity contribution in [2.75, 3.05) is 0 Å². The summed E-state index contributed by atoms with van der Waals surface area (Å²) in [7, 11) is 0. The predicted octanol–water partition coefficient (Wildman–Crippen LogP) is 5.72. The lowest BCUT2D eigenvalue weighted by molar-refractivity contribution is 0.719. The number of rotatable bonds is 8. The Kier molecular flexibility index (Phi) is 15.7. The maximum absolute atomic E-state index is 3.85. The molecule has 1 atom stereocenters. The molecule has 1 heteroatoms. The molecule has 0 aromatic heterocycles. The average molecular weight is 273 g/mol. The van der Waals surface area contributed by atoms with Crippen LogP contribution in [0.3, 0.4) is 0 Å². The van der Waals surface area contributed by atoms with E-state index in [1.54, 1.807) is 0 Å². The summed E-state index contributed by atoms with van der Waals surface area (Å²) in [5.41, 5.74) is 2.17. The molecule has 0 aromatic rings. The summed E-state index contributed by atoms with van der Waals surface area (Å²) in [5.74, 6) is 0. The quantitative estimate of drug-likeness (QED) is 0.558. The highest BCUT2D eigenvalue weighted by molar-refractivity contribution is 5.30. The third-order valence-corrected chi connectivity index (χ3v) is 2.47. The lowest BCUT2D eigenvalue weighted by Crippen LogP contribution is -2.25. The number of nitrogens with one attached hydrogen (secondary N) is 1. The fourth-order valence-corrected chi connectivity index (χ4v) is 1.41. The molecule has 0 spiro atoms. The van der Waals surface area contributed by atoms with Crippen LogP contribution in [0.25, 0.3) is 0 Å². The summed E-state index contributed by atoms with van der Waals surface area (Å²) < 4.78 is 0. The topological polar surface area (TPSA) is 12.0 Å². The Hall–Kier alpha value is -1.76. The second-order valence-electron chi connectivity index (χ2n) is 3.93. The summed E-state index contributed by atoms with van der Waals surface area (Å²) in [4.78, 5) is 0. The first-order chi connectivity index (χ1) is 9.69. The number of hydrogen-bond donors (Lipinski definition) is 1. The van der Waals surface area contributed by atoms with Crippen LogP contribution in [-0.4, -0.2) is 6.04 Å². The van der Waals surface area contributed by atoms with E-state index in [4.69, 9.17) is 0 Å². The van der Waals surface area contributed by atoms with Gasteiger partial charge in [-0.1, -0.05) is 70.4 Å². The van der Waals surface area contributed by atoms with E-state index in [9.17, 15) is 0 Å². The minimum absolute atomic E-state index is 0.207. The highest BCUT2D eigenvalue weighted by Gasteiger charge is 2.04. The van der Waals surface area contributed by atoms with Gasteiger partial charge in [0.15, 0.2) is 0 Å². The normalized spacial score (nSPS) is 13.8. The molecule has 0 rings (SSSR count). The van der Waals surface area contributed by atoms with Crippen molar-refractivity contribution in [2.45, 2.75) is 47.1 Å². The highest BCUT2D eigenvalue weighted by Crippen LogP contribution is 2.07. The van der Waals surface area contributed by atoms with Crippen LogP contribution in [0.5, 0.6) is 0 Å². The maximum atomic E-state index is 3.85. The standard InChI is InChI=1S/C17H25N.C2H6/c1-6-10-12-13-16(8-3)15(5)18-17(9-4)14-11-7-2;1-2/h7-15,18H,3-4,6H2,1-2,5H3;1-2H3/b11-7-,12-10-,16-13+,17-14+;. The molecule has 0 aliphatic carbocycles. The van der Waals surface area contributed by atoms with Crippen molar-refractivity contribution >= 4 is 0 Å². The van der Waals surface area contributed by atoms with E-state index in [2.05, 4.69) is 50.6 Å². The molecule has 0 fully saturated rings. The molecule has 0 amide bonds. The zero-order valence-corrected chi connectivity index (χ0v) is 13.8. The molecule has 0 heterocycles. The first-order valence-electron chi connectivity index (χ1n) is 7.40. The molecule has 1 unspecified atom stereocenters. The van der Waals surface area contributed by atoms with Gasteiger partial charge in [0.05, 0.1) is 0 Å². The predicted molar refractivity (Wildman–Crippen MR) is 94.8 cm³/mol. The van der Waals surface area contributed by atoms with Gasteiger partial charge < -0.3 is 5.32 Å². The number of hydrogen-bond acceptors (Lipinski definition) is 1. The van der Waals surface area contributed by atoms with Crippen molar-refractivity contribution in [2.24, 2.45) is 0 Å². The van der Waals surface area contributed by atoms with E-state index >= 15 is 0 Å². The van der Waals surface area contributed by atoms with Gasteiger partial charge in [-0.15, -0.1) is 0 Å². The van der Waals surface area contributed by atoms with Crippen molar-refractivity contribution in [3.63, 3.8) is 0 Å². The maximum Gasteiger partial charge on any atom is 0.0485 e. The zero-order valence-electron chi connectivity index (χ0n) is 13.8. The Morgan fingerprint density at radius 1 is 1.10 bits per heavy atom. The van der Waals surface area contributed by atoms with Crippen molar-refractivity contribution in [1.82, 2.24) is 5.32 Å². The van der Waals surface area contributed by atoms with Crippen LogP contribution in [0.1, 0.15) is 41.0 Å². The summed E-state index contributed by atoms with van der Waals surface area (Å²) in [6.45, 7) is 17.9. The van der Waals surface area contributed by atoms with Crippen LogP contribution >= 0.6 is 0 Å². The fraction of sp³-hybridized carbons (Fsp3) is 0.368. The Balaban J connectivity index is 0. The highest BCUT2D eigenvalue weighted by atomic mass is 14.9.